The quantitative estimate of drug-likeness (QED) is 0.801. The third-order valence-corrected chi connectivity index (χ3v) is 3.88. The van der Waals surface area contributed by atoms with Gasteiger partial charge in [-0.2, -0.15) is 0 Å². The normalized spacial score (nSPS) is 17.9. The van der Waals surface area contributed by atoms with Gasteiger partial charge in [-0.3, -0.25) is 9.69 Å². The summed E-state index contributed by atoms with van der Waals surface area (Å²) in [5.74, 6) is -0.709. The summed E-state index contributed by atoms with van der Waals surface area (Å²) in [5.41, 5.74) is 7.82. The molecule has 0 bridgehead atoms. The smallest absolute Gasteiger partial charge is 0.320 e. The Hall–Kier alpha value is -1.75. The number of hydrogen-bond donors (Lipinski definition) is 2. The third kappa shape index (κ3) is 3.22. The molecule has 0 aromatic heterocycles. The maximum atomic E-state index is 11.3. The molecule has 1 heterocycles. The Morgan fingerprint density at radius 3 is 2.50 bits per heavy atom. The summed E-state index contributed by atoms with van der Waals surface area (Å²) < 4.78 is 0. The Kier molecular flexibility index (Phi) is 4.84. The van der Waals surface area contributed by atoms with Crippen molar-refractivity contribution in [3.8, 4) is 0 Å². The van der Waals surface area contributed by atoms with E-state index in [1.165, 1.54) is 0 Å². The Morgan fingerprint density at radius 1 is 1.30 bits per heavy atom. The van der Waals surface area contributed by atoms with E-state index in [9.17, 15) is 9.90 Å². The first-order chi connectivity index (χ1) is 9.63. The SMILES string of the molecule is CCCC(C(=O)O)N1CCN(c2ccccc2N)CC1. The zero-order chi connectivity index (χ0) is 14.5. The van der Waals surface area contributed by atoms with Gasteiger partial charge in [0.2, 0.25) is 0 Å². The molecule has 1 aromatic rings. The number of carboxylic acid groups (broad SMARTS) is 1. The van der Waals surface area contributed by atoms with E-state index in [0.717, 1.165) is 44.0 Å². The minimum Gasteiger partial charge on any atom is -0.480 e. The van der Waals surface area contributed by atoms with Crippen molar-refractivity contribution >= 4 is 17.3 Å². The number of carbonyl (C=O) groups is 1. The summed E-state index contributed by atoms with van der Waals surface area (Å²) >= 11 is 0. The minimum atomic E-state index is -0.709. The molecule has 1 aliphatic heterocycles. The number of nitrogens with two attached hydrogens (primary N) is 1. The largest absolute Gasteiger partial charge is 0.480 e. The zero-order valence-corrected chi connectivity index (χ0v) is 12.0. The van der Waals surface area contributed by atoms with Crippen LogP contribution in [-0.4, -0.2) is 48.2 Å². The van der Waals surface area contributed by atoms with E-state index >= 15 is 0 Å². The third-order valence-electron chi connectivity index (χ3n) is 3.88. The van der Waals surface area contributed by atoms with E-state index in [1.54, 1.807) is 0 Å². The van der Waals surface area contributed by atoms with Crippen molar-refractivity contribution in [1.82, 2.24) is 4.90 Å². The summed E-state index contributed by atoms with van der Waals surface area (Å²) in [4.78, 5) is 15.6. The van der Waals surface area contributed by atoms with E-state index in [-0.39, 0.29) is 6.04 Å². The highest BCUT2D eigenvalue weighted by molar-refractivity contribution is 5.73. The molecule has 0 saturated carbocycles. The predicted molar refractivity (Wildman–Crippen MR) is 81.0 cm³/mol. The van der Waals surface area contributed by atoms with Crippen LogP contribution in [0.4, 0.5) is 11.4 Å². The maximum absolute atomic E-state index is 11.3. The van der Waals surface area contributed by atoms with E-state index in [0.29, 0.717) is 6.42 Å². The molecule has 2 rings (SSSR count). The van der Waals surface area contributed by atoms with Crippen LogP contribution in [0.25, 0.3) is 0 Å². The van der Waals surface area contributed by atoms with Crippen LogP contribution in [0.15, 0.2) is 24.3 Å². The second-order valence-electron chi connectivity index (χ2n) is 5.22. The molecule has 20 heavy (non-hydrogen) atoms. The molecular formula is C15H23N3O2. The van der Waals surface area contributed by atoms with Gasteiger partial charge in [-0.05, 0) is 18.6 Å². The van der Waals surface area contributed by atoms with Gasteiger partial charge in [-0.25, -0.2) is 0 Å². The number of benzene rings is 1. The number of nitrogen functional groups attached to an aromatic ring is 1. The number of para-hydroxylation sites is 2. The lowest BCUT2D eigenvalue weighted by atomic mass is 10.1. The lowest BCUT2D eigenvalue weighted by Crippen LogP contribution is -2.52. The molecule has 1 aliphatic rings. The highest BCUT2D eigenvalue weighted by Crippen LogP contribution is 2.24. The predicted octanol–water partition coefficient (Wildman–Crippen LogP) is 1.64. The summed E-state index contributed by atoms with van der Waals surface area (Å²) in [6.45, 7) is 5.21. The van der Waals surface area contributed by atoms with Gasteiger partial charge in [0.25, 0.3) is 0 Å². The second-order valence-corrected chi connectivity index (χ2v) is 5.22. The van der Waals surface area contributed by atoms with Gasteiger partial charge in [-0.15, -0.1) is 0 Å². The highest BCUT2D eigenvalue weighted by atomic mass is 16.4. The Bertz CT molecular complexity index is 456. The molecule has 5 nitrogen and oxygen atoms in total. The maximum Gasteiger partial charge on any atom is 0.320 e. The average molecular weight is 277 g/mol. The first kappa shape index (κ1) is 14.7. The van der Waals surface area contributed by atoms with Crippen LogP contribution in [-0.2, 0) is 4.79 Å². The van der Waals surface area contributed by atoms with Crippen molar-refractivity contribution in [3.05, 3.63) is 24.3 Å². The fourth-order valence-electron chi connectivity index (χ4n) is 2.79. The molecule has 0 amide bonds. The number of carboxylic acids is 1. The van der Waals surface area contributed by atoms with Crippen LogP contribution in [0.2, 0.25) is 0 Å². The fraction of sp³-hybridized carbons (Fsp3) is 0.533. The van der Waals surface area contributed by atoms with Crippen molar-refractivity contribution in [3.63, 3.8) is 0 Å². The van der Waals surface area contributed by atoms with Gasteiger partial charge < -0.3 is 15.7 Å². The minimum absolute atomic E-state index is 0.352. The van der Waals surface area contributed by atoms with Crippen LogP contribution in [0, 0.1) is 0 Å². The van der Waals surface area contributed by atoms with Crippen LogP contribution in [0.5, 0.6) is 0 Å². The topological polar surface area (TPSA) is 69.8 Å². The van der Waals surface area contributed by atoms with Gasteiger partial charge in [-0.1, -0.05) is 25.5 Å². The summed E-state index contributed by atoms with van der Waals surface area (Å²) in [7, 11) is 0. The number of aliphatic carboxylic acids is 1. The molecular weight excluding hydrogens is 254 g/mol. The van der Waals surface area contributed by atoms with Crippen LogP contribution in [0.1, 0.15) is 19.8 Å². The molecule has 1 saturated heterocycles. The monoisotopic (exact) mass is 277 g/mol. The van der Waals surface area contributed by atoms with Crippen molar-refractivity contribution < 1.29 is 9.90 Å². The molecule has 0 aliphatic carbocycles. The molecule has 0 radical (unpaired) electrons. The molecule has 1 aromatic carbocycles. The van der Waals surface area contributed by atoms with E-state index < -0.39 is 5.97 Å². The number of hydrogen-bond acceptors (Lipinski definition) is 4. The molecule has 1 unspecified atom stereocenters. The second kappa shape index (κ2) is 6.61. The lowest BCUT2D eigenvalue weighted by molar-refractivity contribution is -0.143. The van der Waals surface area contributed by atoms with Crippen LogP contribution < -0.4 is 10.6 Å². The number of anilines is 2. The number of piperazine rings is 1. The number of rotatable bonds is 5. The molecule has 1 atom stereocenters. The summed E-state index contributed by atoms with van der Waals surface area (Å²) in [5, 5.41) is 9.31. The first-order valence-electron chi connectivity index (χ1n) is 7.19. The summed E-state index contributed by atoms with van der Waals surface area (Å²) in [6.07, 6.45) is 1.60. The standard InChI is InChI=1S/C15H23N3O2/c1-2-5-14(15(19)20)18-10-8-17(9-11-18)13-7-4-3-6-12(13)16/h3-4,6-7,14H,2,5,8-11,16H2,1H3,(H,19,20). The molecule has 0 spiro atoms. The van der Waals surface area contributed by atoms with Crippen molar-refractivity contribution in [1.29, 1.82) is 0 Å². The van der Waals surface area contributed by atoms with Crippen molar-refractivity contribution in [2.75, 3.05) is 36.8 Å². The van der Waals surface area contributed by atoms with Gasteiger partial charge in [0.15, 0.2) is 0 Å². The van der Waals surface area contributed by atoms with E-state index in [4.69, 9.17) is 5.73 Å². The van der Waals surface area contributed by atoms with Crippen LogP contribution >= 0.6 is 0 Å². The molecule has 110 valence electrons. The van der Waals surface area contributed by atoms with E-state index in [2.05, 4.69) is 9.80 Å². The van der Waals surface area contributed by atoms with Crippen molar-refractivity contribution in [2.24, 2.45) is 0 Å². The number of nitrogens with zero attached hydrogens (tertiary/aromatic N) is 2. The average Bonchev–Trinajstić information content (AvgIpc) is 2.45. The lowest BCUT2D eigenvalue weighted by Gasteiger charge is -2.39. The fourth-order valence-corrected chi connectivity index (χ4v) is 2.79. The van der Waals surface area contributed by atoms with Gasteiger partial charge in [0.05, 0.1) is 11.4 Å². The van der Waals surface area contributed by atoms with Crippen molar-refractivity contribution in [2.45, 2.75) is 25.8 Å². The van der Waals surface area contributed by atoms with E-state index in [1.807, 2.05) is 31.2 Å². The first-order valence-corrected chi connectivity index (χ1v) is 7.19. The summed E-state index contributed by atoms with van der Waals surface area (Å²) in [6, 6.07) is 7.48. The van der Waals surface area contributed by atoms with Gasteiger partial charge >= 0.3 is 5.97 Å². The highest BCUT2D eigenvalue weighted by Gasteiger charge is 2.28. The molecule has 1 fully saturated rings. The van der Waals surface area contributed by atoms with Gasteiger partial charge in [0, 0.05) is 26.2 Å². The molecule has 5 heteroatoms. The van der Waals surface area contributed by atoms with Crippen LogP contribution in [0.3, 0.4) is 0 Å². The Labute approximate surface area is 120 Å². The Balaban J connectivity index is 1.98. The Morgan fingerprint density at radius 2 is 1.95 bits per heavy atom. The molecule has 3 N–H and O–H groups in total. The zero-order valence-electron chi connectivity index (χ0n) is 12.0. The van der Waals surface area contributed by atoms with Gasteiger partial charge in [0.1, 0.15) is 6.04 Å².